The Bertz CT molecular complexity index is 589. The molecule has 0 saturated carbocycles. The van der Waals surface area contributed by atoms with E-state index in [9.17, 15) is 4.79 Å². The van der Waals surface area contributed by atoms with E-state index in [1.54, 1.807) is 11.3 Å². The lowest BCUT2D eigenvalue weighted by molar-refractivity contribution is -0.114. The molecule has 1 aromatic carbocycles. The van der Waals surface area contributed by atoms with Crippen molar-refractivity contribution < 1.29 is 4.79 Å². The SMILES string of the molecule is CCC(C)c1ccc(NCc2sccc2NC(C)=O)cc1. The maximum absolute atomic E-state index is 11.1. The fraction of sp³-hybridized carbons (Fsp3) is 0.353. The van der Waals surface area contributed by atoms with Gasteiger partial charge in [-0.3, -0.25) is 4.79 Å². The third-order valence-corrected chi connectivity index (χ3v) is 4.52. The molecule has 0 saturated heterocycles. The van der Waals surface area contributed by atoms with Crippen molar-refractivity contribution in [3.63, 3.8) is 0 Å². The molecule has 0 aliphatic heterocycles. The van der Waals surface area contributed by atoms with Gasteiger partial charge in [-0.25, -0.2) is 0 Å². The van der Waals surface area contributed by atoms with E-state index < -0.39 is 0 Å². The van der Waals surface area contributed by atoms with Crippen LogP contribution in [0.3, 0.4) is 0 Å². The molecule has 21 heavy (non-hydrogen) atoms. The molecule has 1 heterocycles. The predicted molar refractivity (Wildman–Crippen MR) is 91.1 cm³/mol. The summed E-state index contributed by atoms with van der Waals surface area (Å²) < 4.78 is 0. The van der Waals surface area contributed by atoms with E-state index in [2.05, 4.69) is 48.7 Å². The highest BCUT2D eigenvalue weighted by Crippen LogP contribution is 2.24. The van der Waals surface area contributed by atoms with Gasteiger partial charge in [0, 0.05) is 17.5 Å². The van der Waals surface area contributed by atoms with Gasteiger partial charge in [-0.2, -0.15) is 0 Å². The van der Waals surface area contributed by atoms with Crippen LogP contribution in [0, 0.1) is 0 Å². The average Bonchev–Trinajstić information content (AvgIpc) is 2.91. The van der Waals surface area contributed by atoms with Crippen molar-refractivity contribution in [3.05, 3.63) is 46.2 Å². The Hall–Kier alpha value is -1.81. The molecule has 0 aliphatic carbocycles. The molecule has 1 aromatic heterocycles. The van der Waals surface area contributed by atoms with Crippen molar-refractivity contribution in [2.24, 2.45) is 0 Å². The van der Waals surface area contributed by atoms with Crippen molar-refractivity contribution in [2.45, 2.75) is 39.7 Å². The molecule has 4 heteroatoms. The molecule has 2 N–H and O–H groups in total. The van der Waals surface area contributed by atoms with Crippen molar-refractivity contribution in [1.29, 1.82) is 0 Å². The molecule has 0 radical (unpaired) electrons. The van der Waals surface area contributed by atoms with Gasteiger partial charge in [0.2, 0.25) is 5.91 Å². The summed E-state index contributed by atoms with van der Waals surface area (Å²) in [6.07, 6.45) is 1.15. The zero-order valence-corrected chi connectivity index (χ0v) is 13.6. The summed E-state index contributed by atoms with van der Waals surface area (Å²) in [5, 5.41) is 8.25. The van der Waals surface area contributed by atoms with Gasteiger partial charge in [0.25, 0.3) is 0 Å². The number of rotatable bonds is 6. The number of anilines is 2. The van der Waals surface area contributed by atoms with Gasteiger partial charge in [-0.15, -0.1) is 11.3 Å². The van der Waals surface area contributed by atoms with Gasteiger partial charge in [0.05, 0.1) is 12.2 Å². The van der Waals surface area contributed by atoms with Gasteiger partial charge in [0.15, 0.2) is 0 Å². The first-order valence-corrected chi connectivity index (χ1v) is 8.16. The van der Waals surface area contributed by atoms with Crippen LogP contribution in [0.2, 0.25) is 0 Å². The van der Waals surface area contributed by atoms with Gasteiger partial charge in [-0.1, -0.05) is 26.0 Å². The first-order chi connectivity index (χ1) is 10.1. The average molecular weight is 302 g/mol. The number of nitrogens with one attached hydrogen (secondary N) is 2. The van der Waals surface area contributed by atoms with Crippen LogP contribution in [0.1, 0.15) is 43.6 Å². The maximum atomic E-state index is 11.1. The zero-order chi connectivity index (χ0) is 15.2. The van der Waals surface area contributed by atoms with Crippen molar-refractivity contribution >= 4 is 28.6 Å². The van der Waals surface area contributed by atoms with Gasteiger partial charge in [-0.05, 0) is 41.5 Å². The van der Waals surface area contributed by atoms with Gasteiger partial charge >= 0.3 is 0 Å². The molecule has 1 unspecified atom stereocenters. The number of carbonyl (C=O) groups excluding carboxylic acids is 1. The summed E-state index contributed by atoms with van der Waals surface area (Å²) in [6, 6.07) is 10.5. The van der Waals surface area contributed by atoms with Crippen molar-refractivity contribution in [2.75, 3.05) is 10.6 Å². The van der Waals surface area contributed by atoms with E-state index in [4.69, 9.17) is 0 Å². The first-order valence-electron chi connectivity index (χ1n) is 7.28. The van der Waals surface area contributed by atoms with Crippen LogP contribution in [0.25, 0.3) is 0 Å². The van der Waals surface area contributed by atoms with Gasteiger partial charge < -0.3 is 10.6 Å². The monoisotopic (exact) mass is 302 g/mol. The molecule has 1 amide bonds. The summed E-state index contributed by atoms with van der Waals surface area (Å²) in [4.78, 5) is 12.3. The molecular formula is C17H22N2OS. The van der Waals surface area contributed by atoms with E-state index in [1.807, 2.05) is 11.4 Å². The van der Waals surface area contributed by atoms with E-state index in [0.29, 0.717) is 5.92 Å². The molecule has 0 spiro atoms. The highest BCUT2D eigenvalue weighted by Gasteiger charge is 2.06. The number of hydrogen-bond donors (Lipinski definition) is 2. The van der Waals surface area contributed by atoms with Crippen LogP contribution in [-0.4, -0.2) is 5.91 Å². The van der Waals surface area contributed by atoms with E-state index in [-0.39, 0.29) is 5.91 Å². The molecule has 0 fully saturated rings. The molecule has 112 valence electrons. The highest BCUT2D eigenvalue weighted by molar-refractivity contribution is 7.10. The van der Waals surface area contributed by atoms with Gasteiger partial charge in [0.1, 0.15) is 0 Å². The zero-order valence-electron chi connectivity index (χ0n) is 12.8. The smallest absolute Gasteiger partial charge is 0.221 e. The lowest BCUT2D eigenvalue weighted by atomic mass is 9.99. The summed E-state index contributed by atoms with van der Waals surface area (Å²) in [7, 11) is 0. The normalized spacial score (nSPS) is 12.0. The maximum Gasteiger partial charge on any atom is 0.221 e. The van der Waals surface area contributed by atoms with Crippen LogP contribution >= 0.6 is 11.3 Å². The Morgan fingerprint density at radius 2 is 1.95 bits per heavy atom. The molecule has 0 bridgehead atoms. The summed E-state index contributed by atoms with van der Waals surface area (Å²) in [5.74, 6) is 0.565. The van der Waals surface area contributed by atoms with Crippen LogP contribution in [-0.2, 0) is 11.3 Å². The summed E-state index contributed by atoms with van der Waals surface area (Å²) in [6.45, 7) is 6.70. The standard InChI is InChI=1S/C17H22N2OS/c1-4-12(2)14-5-7-15(8-6-14)18-11-17-16(9-10-21-17)19-13(3)20/h5-10,12,18H,4,11H2,1-3H3,(H,19,20). The fourth-order valence-corrected chi connectivity index (χ4v) is 2.90. The minimum atomic E-state index is -0.0347. The topological polar surface area (TPSA) is 41.1 Å². The highest BCUT2D eigenvalue weighted by atomic mass is 32.1. The number of carbonyl (C=O) groups is 1. The Morgan fingerprint density at radius 1 is 1.24 bits per heavy atom. The second-order valence-electron chi connectivity index (χ2n) is 5.22. The number of thiophene rings is 1. The Kier molecular flexibility index (Phi) is 5.39. The fourth-order valence-electron chi connectivity index (χ4n) is 2.13. The Balaban J connectivity index is 1.97. The third kappa shape index (κ3) is 4.33. The third-order valence-electron chi connectivity index (χ3n) is 3.60. The lowest BCUT2D eigenvalue weighted by Gasteiger charge is -2.11. The van der Waals surface area contributed by atoms with Crippen molar-refractivity contribution in [1.82, 2.24) is 0 Å². The molecular weight excluding hydrogens is 280 g/mol. The largest absolute Gasteiger partial charge is 0.380 e. The number of amides is 1. The minimum absolute atomic E-state index is 0.0347. The van der Waals surface area contributed by atoms with E-state index in [1.165, 1.54) is 12.5 Å². The second-order valence-corrected chi connectivity index (χ2v) is 6.22. The van der Waals surface area contributed by atoms with Crippen LogP contribution in [0.15, 0.2) is 35.7 Å². The van der Waals surface area contributed by atoms with E-state index >= 15 is 0 Å². The molecule has 2 aromatic rings. The predicted octanol–water partition coefficient (Wildman–Crippen LogP) is 4.83. The molecule has 1 atom stereocenters. The number of benzene rings is 1. The molecule has 3 nitrogen and oxygen atoms in total. The molecule has 2 rings (SSSR count). The number of hydrogen-bond acceptors (Lipinski definition) is 3. The summed E-state index contributed by atoms with van der Waals surface area (Å²) in [5.41, 5.74) is 3.37. The molecule has 0 aliphatic rings. The lowest BCUT2D eigenvalue weighted by Crippen LogP contribution is -2.08. The minimum Gasteiger partial charge on any atom is -0.380 e. The van der Waals surface area contributed by atoms with Crippen LogP contribution in [0.4, 0.5) is 11.4 Å². The van der Waals surface area contributed by atoms with Crippen LogP contribution in [0.5, 0.6) is 0 Å². The summed E-state index contributed by atoms with van der Waals surface area (Å²) >= 11 is 1.65. The van der Waals surface area contributed by atoms with Crippen LogP contribution < -0.4 is 10.6 Å². The Morgan fingerprint density at radius 3 is 2.57 bits per heavy atom. The quantitative estimate of drug-likeness (QED) is 0.802. The first kappa shape index (κ1) is 15.6. The second kappa shape index (κ2) is 7.27. The Labute approximate surface area is 130 Å². The van der Waals surface area contributed by atoms with E-state index in [0.717, 1.165) is 29.2 Å². The van der Waals surface area contributed by atoms with Crippen molar-refractivity contribution in [3.8, 4) is 0 Å².